The zero-order valence-corrected chi connectivity index (χ0v) is 20.1. The number of thiophene rings is 1. The largest absolute Gasteiger partial charge is 0.493 e. The Balaban J connectivity index is 1.59. The number of nitrogens with one attached hydrogen (secondary N) is 1. The fraction of sp³-hybridized carbons (Fsp3) is 0.250. The Kier molecular flexibility index (Phi) is 7.19. The van der Waals surface area contributed by atoms with Gasteiger partial charge in [0.15, 0.2) is 17.3 Å². The number of methoxy groups -OCH3 is 3. The van der Waals surface area contributed by atoms with Gasteiger partial charge in [-0.3, -0.25) is 9.78 Å². The first-order valence-corrected chi connectivity index (χ1v) is 11.2. The maximum Gasteiger partial charge on any atom is 0.266 e. The molecule has 0 atom stereocenters. The number of anilines is 1. The van der Waals surface area contributed by atoms with E-state index in [1.807, 2.05) is 19.1 Å². The van der Waals surface area contributed by atoms with Crippen LogP contribution in [-0.2, 0) is 18.0 Å². The second-order valence-corrected chi connectivity index (χ2v) is 8.28. The number of fused-ring (bicyclic) bond motifs is 1. The van der Waals surface area contributed by atoms with Crippen molar-refractivity contribution < 1.29 is 23.7 Å². The standard InChI is InChI=1S/C24H24N4O5S/c1-14-20-23(32-4)27-19(13-30-2)28-24(20)34-21(14)22(29)26-16-5-6-17(31-3)18(11-16)33-12-15-7-9-25-10-8-15/h5-11H,12-13H2,1-4H3,(H,26,29). The fourth-order valence-corrected chi connectivity index (χ4v) is 4.48. The molecule has 0 bridgehead atoms. The molecule has 3 aromatic heterocycles. The summed E-state index contributed by atoms with van der Waals surface area (Å²) >= 11 is 1.28. The molecule has 0 aliphatic heterocycles. The van der Waals surface area contributed by atoms with Crippen LogP contribution in [0.3, 0.4) is 0 Å². The average molecular weight is 481 g/mol. The van der Waals surface area contributed by atoms with Gasteiger partial charge in [-0.15, -0.1) is 11.3 Å². The third-order valence-corrected chi connectivity index (χ3v) is 6.23. The van der Waals surface area contributed by atoms with Crippen molar-refractivity contribution in [3.05, 3.63) is 64.6 Å². The van der Waals surface area contributed by atoms with Crippen LogP contribution >= 0.6 is 11.3 Å². The number of benzene rings is 1. The van der Waals surface area contributed by atoms with E-state index in [0.29, 0.717) is 50.6 Å². The quantitative estimate of drug-likeness (QED) is 0.376. The summed E-state index contributed by atoms with van der Waals surface area (Å²) in [7, 11) is 4.68. The molecule has 0 radical (unpaired) electrons. The first-order chi connectivity index (χ1) is 16.5. The highest BCUT2D eigenvalue weighted by Gasteiger charge is 2.21. The van der Waals surface area contributed by atoms with Gasteiger partial charge in [-0.05, 0) is 42.3 Å². The number of rotatable bonds is 9. The Hall–Kier alpha value is -3.76. The van der Waals surface area contributed by atoms with Crippen LogP contribution in [0, 0.1) is 6.92 Å². The summed E-state index contributed by atoms with van der Waals surface area (Å²) in [5.74, 6) is 1.73. The van der Waals surface area contributed by atoms with E-state index < -0.39 is 0 Å². The van der Waals surface area contributed by atoms with Gasteiger partial charge < -0.3 is 24.3 Å². The third kappa shape index (κ3) is 4.92. The zero-order chi connectivity index (χ0) is 24.1. The van der Waals surface area contributed by atoms with E-state index in [-0.39, 0.29) is 12.5 Å². The highest BCUT2D eigenvalue weighted by molar-refractivity contribution is 7.20. The molecule has 4 aromatic rings. The van der Waals surface area contributed by atoms with Gasteiger partial charge in [0.25, 0.3) is 5.91 Å². The summed E-state index contributed by atoms with van der Waals surface area (Å²) < 4.78 is 21.9. The summed E-state index contributed by atoms with van der Waals surface area (Å²) in [4.78, 5) is 27.3. The van der Waals surface area contributed by atoms with E-state index in [1.54, 1.807) is 51.9 Å². The molecule has 3 heterocycles. The molecule has 0 fully saturated rings. The molecule has 4 rings (SSSR count). The fourth-order valence-electron chi connectivity index (χ4n) is 3.40. The van der Waals surface area contributed by atoms with Gasteiger partial charge >= 0.3 is 0 Å². The van der Waals surface area contributed by atoms with Crippen molar-refractivity contribution in [1.29, 1.82) is 0 Å². The van der Waals surface area contributed by atoms with Crippen LogP contribution in [0.25, 0.3) is 10.2 Å². The van der Waals surface area contributed by atoms with Crippen molar-refractivity contribution >= 4 is 33.1 Å². The van der Waals surface area contributed by atoms with Gasteiger partial charge in [0.2, 0.25) is 5.88 Å². The highest BCUT2D eigenvalue weighted by atomic mass is 32.1. The van der Waals surface area contributed by atoms with Crippen LogP contribution in [0.2, 0.25) is 0 Å². The van der Waals surface area contributed by atoms with Gasteiger partial charge in [-0.2, -0.15) is 4.98 Å². The molecule has 0 unspecified atom stereocenters. The number of carbonyl (C=O) groups excluding carboxylic acids is 1. The van der Waals surface area contributed by atoms with Gasteiger partial charge in [0.05, 0.1) is 24.5 Å². The third-order valence-electron chi connectivity index (χ3n) is 5.04. The van der Waals surface area contributed by atoms with Crippen molar-refractivity contribution in [2.45, 2.75) is 20.1 Å². The molecule has 1 amide bonds. The normalized spacial score (nSPS) is 10.8. The van der Waals surface area contributed by atoms with E-state index in [4.69, 9.17) is 18.9 Å². The first-order valence-electron chi connectivity index (χ1n) is 10.4. The van der Waals surface area contributed by atoms with Crippen LogP contribution < -0.4 is 19.5 Å². The molecule has 9 nitrogen and oxygen atoms in total. The highest BCUT2D eigenvalue weighted by Crippen LogP contribution is 2.36. The van der Waals surface area contributed by atoms with Gasteiger partial charge in [-0.25, -0.2) is 4.98 Å². The van der Waals surface area contributed by atoms with E-state index >= 15 is 0 Å². The average Bonchev–Trinajstić information content (AvgIpc) is 3.19. The minimum absolute atomic E-state index is 0.249. The minimum atomic E-state index is -0.263. The molecule has 1 aromatic carbocycles. The molecule has 34 heavy (non-hydrogen) atoms. The SMILES string of the molecule is COCc1nc(OC)c2c(C)c(C(=O)Nc3ccc(OC)c(OCc4ccncc4)c3)sc2n1. The molecule has 0 saturated carbocycles. The van der Waals surface area contributed by atoms with E-state index in [2.05, 4.69) is 20.3 Å². The lowest BCUT2D eigenvalue weighted by atomic mass is 10.2. The van der Waals surface area contributed by atoms with Crippen molar-refractivity contribution in [2.75, 3.05) is 26.6 Å². The number of hydrogen-bond acceptors (Lipinski definition) is 9. The number of aromatic nitrogens is 3. The molecule has 176 valence electrons. The molecule has 1 N–H and O–H groups in total. The molecule has 10 heteroatoms. The molecule has 0 spiro atoms. The van der Waals surface area contributed by atoms with Crippen molar-refractivity contribution in [3.8, 4) is 17.4 Å². The van der Waals surface area contributed by atoms with E-state index in [1.165, 1.54) is 11.3 Å². The van der Waals surface area contributed by atoms with Gasteiger partial charge in [-0.1, -0.05) is 0 Å². The Bertz CT molecular complexity index is 1310. The summed E-state index contributed by atoms with van der Waals surface area (Å²) in [6.07, 6.45) is 3.41. The van der Waals surface area contributed by atoms with Crippen LogP contribution in [0.1, 0.15) is 26.6 Å². The topological polar surface area (TPSA) is 105 Å². The van der Waals surface area contributed by atoms with E-state index in [0.717, 1.165) is 11.1 Å². The maximum atomic E-state index is 13.2. The number of pyridine rings is 1. The van der Waals surface area contributed by atoms with Gasteiger partial charge in [0.1, 0.15) is 18.0 Å². The number of ether oxygens (including phenoxy) is 4. The van der Waals surface area contributed by atoms with Crippen molar-refractivity contribution in [3.63, 3.8) is 0 Å². The molecular formula is C24H24N4O5S. The van der Waals surface area contributed by atoms with Gasteiger partial charge in [0, 0.05) is 31.3 Å². The summed E-state index contributed by atoms with van der Waals surface area (Å²) in [6, 6.07) is 8.99. The summed E-state index contributed by atoms with van der Waals surface area (Å²) in [5, 5.41) is 3.66. The lowest BCUT2D eigenvalue weighted by molar-refractivity contribution is 0.103. The number of hydrogen-bond donors (Lipinski definition) is 1. The smallest absolute Gasteiger partial charge is 0.266 e. The number of nitrogens with zero attached hydrogens (tertiary/aromatic N) is 3. The Morgan fingerprint density at radius 1 is 1.00 bits per heavy atom. The van der Waals surface area contributed by atoms with E-state index in [9.17, 15) is 4.79 Å². The van der Waals surface area contributed by atoms with Crippen molar-refractivity contribution in [1.82, 2.24) is 15.0 Å². The van der Waals surface area contributed by atoms with Crippen LogP contribution in [0.15, 0.2) is 42.7 Å². The lowest BCUT2D eigenvalue weighted by Gasteiger charge is -2.13. The first kappa shape index (κ1) is 23.4. The summed E-state index contributed by atoms with van der Waals surface area (Å²) in [5.41, 5.74) is 2.29. The Labute approximate surface area is 200 Å². The van der Waals surface area contributed by atoms with Crippen LogP contribution in [0.4, 0.5) is 5.69 Å². The van der Waals surface area contributed by atoms with Crippen LogP contribution in [-0.4, -0.2) is 42.2 Å². The monoisotopic (exact) mass is 480 g/mol. The molecule has 0 saturated heterocycles. The lowest BCUT2D eigenvalue weighted by Crippen LogP contribution is -2.11. The number of amides is 1. The number of carbonyl (C=O) groups is 1. The Morgan fingerprint density at radius 3 is 2.50 bits per heavy atom. The number of aryl methyl sites for hydroxylation is 1. The van der Waals surface area contributed by atoms with Crippen molar-refractivity contribution in [2.24, 2.45) is 0 Å². The predicted octanol–water partition coefficient (Wildman–Crippen LogP) is 4.39. The second-order valence-electron chi connectivity index (χ2n) is 7.28. The second kappa shape index (κ2) is 10.4. The zero-order valence-electron chi connectivity index (χ0n) is 19.2. The van der Waals surface area contributed by atoms with Crippen LogP contribution in [0.5, 0.6) is 17.4 Å². The Morgan fingerprint density at radius 2 is 1.79 bits per heavy atom. The predicted molar refractivity (Wildman–Crippen MR) is 129 cm³/mol. The summed E-state index contributed by atoms with van der Waals surface area (Å²) in [6.45, 7) is 2.44. The minimum Gasteiger partial charge on any atom is -0.493 e. The molecule has 0 aliphatic rings. The molecule has 0 aliphatic carbocycles. The maximum absolute atomic E-state index is 13.2. The molecular weight excluding hydrogens is 456 g/mol.